The highest BCUT2D eigenvalue weighted by Gasteiger charge is 2.09. The van der Waals surface area contributed by atoms with Gasteiger partial charge in [-0.05, 0) is 47.0 Å². The molecule has 118 valence electrons. The Hall–Kier alpha value is -0.550. The zero-order valence-electron chi connectivity index (χ0n) is 12.7. The van der Waals surface area contributed by atoms with Crippen LogP contribution < -0.4 is 10.1 Å². The van der Waals surface area contributed by atoms with Gasteiger partial charge in [-0.15, -0.1) is 0 Å². The zero-order chi connectivity index (χ0) is 15.7. The van der Waals surface area contributed by atoms with Crippen LogP contribution in [-0.2, 0) is 4.79 Å². The van der Waals surface area contributed by atoms with Gasteiger partial charge in [-0.25, -0.2) is 0 Å². The van der Waals surface area contributed by atoms with Gasteiger partial charge in [0, 0.05) is 11.0 Å². The number of nitrogens with one attached hydrogen (secondary N) is 1. The summed E-state index contributed by atoms with van der Waals surface area (Å²) in [6.07, 6.45) is 5.96. The molecule has 0 aromatic heterocycles. The van der Waals surface area contributed by atoms with Crippen molar-refractivity contribution in [2.45, 2.75) is 46.0 Å². The van der Waals surface area contributed by atoms with Gasteiger partial charge in [-0.1, -0.05) is 48.5 Å². The summed E-state index contributed by atoms with van der Waals surface area (Å²) in [4.78, 5) is 11.7. The van der Waals surface area contributed by atoms with E-state index in [2.05, 4.69) is 44.1 Å². The smallest absolute Gasteiger partial charge is 0.257 e. The van der Waals surface area contributed by atoms with Crippen LogP contribution in [0, 0.1) is 6.92 Å². The molecule has 21 heavy (non-hydrogen) atoms. The van der Waals surface area contributed by atoms with Crippen LogP contribution in [0.15, 0.2) is 21.1 Å². The number of hydrogen-bond donors (Lipinski definition) is 1. The molecule has 0 aliphatic rings. The minimum absolute atomic E-state index is 0.0516. The molecule has 1 aromatic carbocycles. The maximum Gasteiger partial charge on any atom is 0.257 e. The molecule has 0 saturated heterocycles. The summed E-state index contributed by atoms with van der Waals surface area (Å²) < 4.78 is 7.43. The van der Waals surface area contributed by atoms with E-state index in [1.807, 2.05) is 19.1 Å². The predicted octanol–water partition coefficient (Wildman–Crippen LogP) is 4.99. The Kier molecular flexibility index (Phi) is 9.00. The number of ether oxygens (including phenoxy) is 1. The highest BCUT2D eigenvalue weighted by Crippen LogP contribution is 2.32. The summed E-state index contributed by atoms with van der Waals surface area (Å²) in [6.45, 7) is 4.93. The van der Waals surface area contributed by atoms with E-state index < -0.39 is 0 Å². The minimum Gasteiger partial charge on any atom is -0.482 e. The molecule has 0 unspecified atom stereocenters. The third-order valence-corrected chi connectivity index (χ3v) is 4.19. The zero-order valence-corrected chi connectivity index (χ0v) is 15.8. The second kappa shape index (κ2) is 10.2. The van der Waals surface area contributed by atoms with Gasteiger partial charge in [-0.3, -0.25) is 4.79 Å². The number of carbonyl (C=O) groups is 1. The van der Waals surface area contributed by atoms with E-state index in [1.165, 1.54) is 25.7 Å². The lowest BCUT2D eigenvalue weighted by molar-refractivity contribution is -0.123. The monoisotopic (exact) mass is 419 g/mol. The first-order chi connectivity index (χ1) is 10.0. The molecule has 0 saturated carbocycles. The molecule has 0 atom stereocenters. The number of halogens is 2. The molecule has 0 radical (unpaired) electrons. The standard InChI is InChI=1S/C16H23Br2NO2/c1-3-4-5-6-7-8-19-15(20)11-21-16-12(2)9-13(17)10-14(16)18/h9-10H,3-8,11H2,1-2H3,(H,19,20). The molecule has 1 aromatic rings. The summed E-state index contributed by atoms with van der Waals surface area (Å²) in [5.74, 6) is 0.649. The van der Waals surface area contributed by atoms with Crippen molar-refractivity contribution in [1.29, 1.82) is 0 Å². The molecule has 0 spiro atoms. The van der Waals surface area contributed by atoms with E-state index >= 15 is 0 Å². The molecular weight excluding hydrogens is 398 g/mol. The average Bonchev–Trinajstić information content (AvgIpc) is 2.41. The Morgan fingerprint density at radius 1 is 1.19 bits per heavy atom. The molecule has 0 heterocycles. The summed E-state index contributed by atoms with van der Waals surface area (Å²) >= 11 is 6.87. The molecular formula is C16H23Br2NO2. The van der Waals surface area contributed by atoms with E-state index in [9.17, 15) is 4.79 Å². The summed E-state index contributed by atoms with van der Waals surface area (Å²) in [5.41, 5.74) is 0.989. The first-order valence-electron chi connectivity index (χ1n) is 7.39. The van der Waals surface area contributed by atoms with Crippen LogP contribution in [0.25, 0.3) is 0 Å². The van der Waals surface area contributed by atoms with Gasteiger partial charge < -0.3 is 10.1 Å². The van der Waals surface area contributed by atoms with E-state index in [-0.39, 0.29) is 12.5 Å². The Balaban J connectivity index is 2.27. The SMILES string of the molecule is CCCCCCCNC(=O)COc1c(C)cc(Br)cc1Br. The lowest BCUT2D eigenvalue weighted by Crippen LogP contribution is -2.29. The highest BCUT2D eigenvalue weighted by atomic mass is 79.9. The number of carbonyl (C=O) groups excluding carboxylic acids is 1. The van der Waals surface area contributed by atoms with Gasteiger partial charge in [-0.2, -0.15) is 0 Å². The number of amides is 1. The Bertz CT molecular complexity index is 441. The van der Waals surface area contributed by atoms with Crippen LogP contribution in [0.4, 0.5) is 0 Å². The summed E-state index contributed by atoms with van der Waals surface area (Å²) in [5, 5.41) is 2.89. The van der Waals surface area contributed by atoms with Gasteiger partial charge in [0.15, 0.2) is 6.61 Å². The Morgan fingerprint density at radius 3 is 2.57 bits per heavy atom. The van der Waals surface area contributed by atoms with Crippen molar-refractivity contribution in [2.75, 3.05) is 13.2 Å². The maximum absolute atomic E-state index is 11.7. The normalized spacial score (nSPS) is 10.5. The minimum atomic E-state index is -0.0697. The van der Waals surface area contributed by atoms with Crippen LogP contribution in [0.3, 0.4) is 0 Å². The van der Waals surface area contributed by atoms with Crippen molar-refractivity contribution in [1.82, 2.24) is 5.32 Å². The van der Waals surface area contributed by atoms with Gasteiger partial charge >= 0.3 is 0 Å². The first kappa shape index (κ1) is 18.5. The fraction of sp³-hybridized carbons (Fsp3) is 0.562. The number of benzene rings is 1. The van der Waals surface area contributed by atoms with Crippen molar-refractivity contribution in [2.24, 2.45) is 0 Å². The third kappa shape index (κ3) is 7.32. The van der Waals surface area contributed by atoms with Gasteiger partial charge in [0.2, 0.25) is 0 Å². The van der Waals surface area contributed by atoms with Crippen molar-refractivity contribution in [3.63, 3.8) is 0 Å². The van der Waals surface area contributed by atoms with Crippen LogP contribution in [0.5, 0.6) is 5.75 Å². The quantitative estimate of drug-likeness (QED) is 0.571. The first-order valence-corrected chi connectivity index (χ1v) is 8.98. The molecule has 0 aliphatic heterocycles. The number of rotatable bonds is 9. The molecule has 0 bridgehead atoms. The summed E-state index contributed by atoms with van der Waals surface area (Å²) in [6, 6.07) is 3.87. The van der Waals surface area contributed by atoms with Crippen LogP contribution >= 0.6 is 31.9 Å². The van der Waals surface area contributed by atoms with Crippen molar-refractivity contribution >= 4 is 37.8 Å². The second-order valence-corrected chi connectivity index (χ2v) is 6.86. The molecule has 3 nitrogen and oxygen atoms in total. The molecule has 1 N–H and O–H groups in total. The maximum atomic E-state index is 11.7. The van der Waals surface area contributed by atoms with E-state index in [1.54, 1.807) is 0 Å². The van der Waals surface area contributed by atoms with E-state index in [4.69, 9.17) is 4.74 Å². The van der Waals surface area contributed by atoms with Crippen molar-refractivity contribution in [3.8, 4) is 5.75 Å². The van der Waals surface area contributed by atoms with Crippen LogP contribution in [0.1, 0.15) is 44.6 Å². The van der Waals surface area contributed by atoms with Crippen molar-refractivity contribution in [3.05, 3.63) is 26.6 Å². The van der Waals surface area contributed by atoms with Gasteiger partial charge in [0.05, 0.1) is 4.47 Å². The topological polar surface area (TPSA) is 38.3 Å². The van der Waals surface area contributed by atoms with Gasteiger partial charge in [0.25, 0.3) is 5.91 Å². The molecule has 5 heteroatoms. The largest absolute Gasteiger partial charge is 0.482 e. The fourth-order valence-corrected chi connectivity index (χ4v) is 3.57. The third-order valence-electron chi connectivity index (χ3n) is 3.14. The van der Waals surface area contributed by atoms with Crippen LogP contribution in [0.2, 0.25) is 0 Å². The molecule has 1 amide bonds. The number of unbranched alkanes of at least 4 members (excludes halogenated alkanes) is 4. The number of hydrogen-bond acceptors (Lipinski definition) is 2. The lowest BCUT2D eigenvalue weighted by atomic mass is 10.1. The highest BCUT2D eigenvalue weighted by molar-refractivity contribution is 9.11. The second-order valence-electron chi connectivity index (χ2n) is 5.09. The van der Waals surface area contributed by atoms with Gasteiger partial charge in [0.1, 0.15) is 5.75 Å². The predicted molar refractivity (Wildman–Crippen MR) is 93.8 cm³/mol. The fourth-order valence-electron chi connectivity index (χ4n) is 2.02. The molecule has 0 aliphatic carbocycles. The Labute approximate surface area is 144 Å². The molecule has 1 rings (SSSR count). The lowest BCUT2D eigenvalue weighted by Gasteiger charge is -2.12. The Morgan fingerprint density at radius 2 is 1.90 bits per heavy atom. The van der Waals surface area contributed by atoms with E-state index in [0.29, 0.717) is 0 Å². The van der Waals surface area contributed by atoms with Crippen molar-refractivity contribution < 1.29 is 9.53 Å². The number of aryl methyl sites for hydroxylation is 1. The van der Waals surface area contributed by atoms with Crippen LogP contribution in [-0.4, -0.2) is 19.1 Å². The average molecular weight is 421 g/mol. The van der Waals surface area contributed by atoms with E-state index in [0.717, 1.165) is 33.2 Å². The molecule has 0 fully saturated rings. The summed E-state index contributed by atoms with van der Waals surface area (Å²) in [7, 11) is 0.